The highest BCUT2D eigenvalue weighted by atomic mass is 35.5. The molecule has 0 saturated carbocycles. The van der Waals surface area contributed by atoms with E-state index >= 15 is 0 Å². The Hall–Kier alpha value is -1.04. The van der Waals surface area contributed by atoms with Gasteiger partial charge in [0.25, 0.3) is 0 Å². The number of ether oxygens (including phenoxy) is 1. The second kappa shape index (κ2) is 8.29. The van der Waals surface area contributed by atoms with E-state index in [4.69, 9.17) is 45.9 Å². The third kappa shape index (κ3) is 5.94. The number of carbonyl (C=O) groups excluding carboxylic acids is 1. The van der Waals surface area contributed by atoms with Crippen LogP contribution < -0.4 is 10.5 Å². The van der Waals surface area contributed by atoms with Gasteiger partial charge in [0, 0.05) is 25.0 Å². The average Bonchev–Trinajstić information content (AvgIpc) is 2.38. The molecule has 0 spiro atoms. The Morgan fingerprint density at radius 3 is 2.70 bits per heavy atom. The van der Waals surface area contributed by atoms with Gasteiger partial charge in [0.2, 0.25) is 5.91 Å². The van der Waals surface area contributed by atoms with E-state index in [1.165, 1.54) is 0 Å². The molecule has 7 heteroatoms. The topological polar surface area (TPSA) is 55.6 Å². The van der Waals surface area contributed by atoms with Gasteiger partial charge in [-0.3, -0.25) is 4.79 Å². The fourth-order valence-corrected chi connectivity index (χ4v) is 1.99. The molecule has 0 fully saturated rings. The van der Waals surface area contributed by atoms with Crippen molar-refractivity contribution in [1.29, 1.82) is 0 Å². The van der Waals surface area contributed by atoms with Gasteiger partial charge in [-0.05, 0) is 18.2 Å². The monoisotopic (exact) mass is 334 g/mol. The standard InChI is InChI=1S/C13H16Cl2N2O2S/c1-17(6-4-12(16)20)13(18)5-7-19-11-3-2-9(14)8-10(11)15/h2-3,8H,4-7H2,1H3,(H2,16,20). The summed E-state index contributed by atoms with van der Waals surface area (Å²) in [6, 6.07) is 4.94. The molecule has 0 heterocycles. The van der Waals surface area contributed by atoms with Crippen molar-refractivity contribution in [2.75, 3.05) is 20.2 Å². The summed E-state index contributed by atoms with van der Waals surface area (Å²) in [5.41, 5.74) is 5.39. The van der Waals surface area contributed by atoms with Crippen LogP contribution >= 0.6 is 35.4 Å². The molecular formula is C13H16Cl2N2O2S. The zero-order valence-electron chi connectivity index (χ0n) is 11.1. The highest BCUT2D eigenvalue weighted by Crippen LogP contribution is 2.27. The number of rotatable bonds is 7. The molecule has 1 amide bonds. The molecule has 0 bridgehead atoms. The second-order valence-electron chi connectivity index (χ2n) is 4.20. The maximum Gasteiger partial charge on any atom is 0.225 e. The molecular weight excluding hydrogens is 319 g/mol. The van der Waals surface area contributed by atoms with Crippen LogP contribution in [0.25, 0.3) is 0 Å². The Kier molecular flexibility index (Phi) is 7.05. The molecule has 0 aliphatic rings. The van der Waals surface area contributed by atoms with E-state index in [1.54, 1.807) is 30.1 Å². The van der Waals surface area contributed by atoms with E-state index in [0.29, 0.717) is 33.7 Å². The Bertz CT molecular complexity index is 497. The zero-order valence-corrected chi connectivity index (χ0v) is 13.4. The fraction of sp³-hybridized carbons (Fsp3) is 0.385. The van der Waals surface area contributed by atoms with E-state index in [-0.39, 0.29) is 18.9 Å². The Morgan fingerprint density at radius 2 is 2.10 bits per heavy atom. The smallest absolute Gasteiger partial charge is 0.225 e. The van der Waals surface area contributed by atoms with Crippen molar-refractivity contribution < 1.29 is 9.53 Å². The van der Waals surface area contributed by atoms with Crippen LogP contribution in [0.15, 0.2) is 18.2 Å². The highest BCUT2D eigenvalue weighted by molar-refractivity contribution is 7.80. The maximum absolute atomic E-state index is 11.8. The molecule has 2 N–H and O–H groups in total. The quantitative estimate of drug-likeness (QED) is 0.779. The number of hydrogen-bond donors (Lipinski definition) is 1. The molecule has 20 heavy (non-hydrogen) atoms. The van der Waals surface area contributed by atoms with Crippen LogP contribution in [-0.2, 0) is 4.79 Å². The molecule has 0 atom stereocenters. The van der Waals surface area contributed by atoms with Gasteiger partial charge in [-0.1, -0.05) is 35.4 Å². The van der Waals surface area contributed by atoms with Crippen molar-refractivity contribution in [2.45, 2.75) is 12.8 Å². The lowest BCUT2D eigenvalue weighted by molar-refractivity contribution is -0.130. The van der Waals surface area contributed by atoms with Gasteiger partial charge in [-0.15, -0.1) is 0 Å². The van der Waals surface area contributed by atoms with Gasteiger partial charge in [-0.2, -0.15) is 0 Å². The van der Waals surface area contributed by atoms with E-state index in [2.05, 4.69) is 0 Å². The summed E-state index contributed by atoms with van der Waals surface area (Å²) in [7, 11) is 1.70. The first-order chi connectivity index (χ1) is 9.40. The lowest BCUT2D eigenvalue weighted by Crippen LogP contribution is -2.30. The first-order valence-corrected chi connectivity index (χ1v) is 7.16. The van der Waals surface area contributed by atoms with Crippen LogP contribution in [-0.4, -0.2) is 36.0 Å². The average molecular weight is 335 g/mol. The SMILES string of the molecule is CN(CCC(N)=S)C(=O)CCOc1ccc(Cl)cc1Cl. The van der Waals surface area contributed by atoms with E-state index in [0.717, 1.165) is 0 Å². The van der Waals surface area contributed by atoms with Gasteiger partial charge < -0.3 is 15.4 Å². The van der Waals surface area contributed by atoms with Gasteiger partial charge in [0.15, 0.2) is 0 Å². The highest BCUT2D eigenvalue weighted by Gasteiger charge is 2.10. The second-order valence-corrected chi connectivity index (χ2v) is 5.57. The third-order valence-electron chi connectivity index (χ3n) is 2.59. The lowest BCUT2D eigenvalue weighted by atomic mass is 10.3. The Balaban J connectivity index is 2.36. The molecule has 0 aromatic heterocycles. The van der Waals surface area contributed by atoms with Crippen molar-refractivity contribution in [3.8, 4) is 5.75 Å². The summed E-state index contributed by atoms with van der Waals surface area (Å²) in [5.74, 6) is 0.473. The van der Waals surface area contributed by atoms with Crippen molar-refractivity contribution in [1.82, 2.24) is 4.90 Å². The zero-order chi connectivity index (χ0) is 15.1. The van der Waals surface area contributed by atoms with Gasteiger partial charge in [-0.25, -0.2) is 0 Å². The van der Waals surface area contributed by atoms with Crippen LogP contribution in [0.2, 0.25) is 10.0 Å². The van der Waals surface area contributed by atoms with E-state index < -0.39 is 0 Å². The Morgan fingerprint density at radius 1 is 1.40 bits per heavy atom. The van der Waals surface area contributed by atoms with Crippen LogP contribution in [0.1, 0.15) is 12.8 Å². The summed E-state index contributed by atoms with van der Waals surface area (Å²) in [5, 5.41) is 0.961. The van der Waals surface area contributed by atoms with Crippen LogP contribution in [0.5, 0.6) is 5.75 Å². The minimum absolute atomic E-state index is 0.0358. The van der Waals surface area contributed by atoms with Crippen molar-refractivity contribution in [2.24, 2.45) is 5.73 Å². The van der Waals surface area contributed by atoms with Gasteiger partial charge in [0.1, 0.15) is 5.75 Å². The molecule has 0 radical (unpaired) electrons. The van der Waals surface area contributed by atoms with Crippen molar-refractivity contribution in [3.63, 3.8) is 0 Å². The molecule has 1 rings (SSSR count). The summed E-state index contributed by atoms with van der Waals surface area (Å²) < 4.78 is 5.45. The third-order valence-corrected chi connectivity index (χ3v) is 3.32. The van der Waals surface area contributed by atoms with E-state index in [1.807, 2.05) is 0 Å². The molecule has 1 aromatic carbocycles. The van der Waals surface area contributed by atoms with Crippen LogP contribution in [0, 0.1) is 0 Å². The normalized spacial score (nSPS) is 10.2. The number of hydrogen-bond acceptors (Lipinski definition) is 3. The number of nitrogens with two attached hydrogens (primary N) is 1. The molecule has 0 aliphatic carbocycles. The minimum Gasteiger partial charge on any atom is -0.491 e. The molecule has 0 saturated heterocycles. The number of amides is 1. The predicted octanol–water partition coefficient (Wildman–Crippen LogP) is 2.90. The minimum atomic E-state index is -0.0358. The summed E-state index contributed by atoms with van der Waals surface area (Å²) >= 11 is 16.5. The van der Waals surface area contributed by atoms with Crippen LogP contribution in [0.4, 0.5) is 0 Å². The first kappa shape index (κ1) is 17.0. The van der Waals surface area contributed by atoms with Crippen molar-refractivity contribution >= 4 is 46.3 Å². The molecule has 1 aromatic rings. The number of nitrogens with zero attached hydrogens (tertiary/aromatic N) is 1. The fourth-order valence-electron chi connectivity index (χ4n) is 1.43. The van der Waals surface area contributed by atoms with Crippen molar-refractivity contribution in [3.05, 3.63) is 28.2 Å². The molecule has 0 aliphatic heterocycles. The molecule has 0 unspecified atom stereocenters. The number of thiocarbonyl (C=S) groups is 1. The largest absolute Gasteiger partial charge is 0.491 e. The van der Waals surface area contributed by atoms with E-state index in [9.17, 15) is 4.79 Å². The van der Waals surface area contributed by atoms with Gasteiger partial charge in [0.05, 0.1) is 23.0 Å². The number of carbonyl (C=O) groups is 1. The lowest BCUT2D eigenvalue weighted by Gasteiger charge is -2.17. The maximum atomic E-state index is 11.8. The first-order valence-electron chi connectivity index (χ1n) is 6.00. The van der Waals surface area contributed by atoms with Crippen LogP contribution in [0.3, 0.4) is 0 Å². The summed E-state index contributed by atoms with van der Waals surface area (Å²) in [4.78, 5) is 13.8. The van der Waals surface area contributed by atoms with Gasteiger partial charge >= 0.3 is 0 Å². The predicted molar refractivity (Wildman–Crippen MR) is 85.6 cm³/mol. The molecule has 4 nitrogen and oxygen atoms in total. The number of benzene rings is 1. The Labute approximate surface area is 133 Å². The summed E-state index contributed by atoms with van der Waals surface area (Å²) in [6.07, 6.45) is 0.772. The molecule has 110 valence electrons. The number of halogens is 2. The summed E-state index contributed by atoms with van der Waals surface area (Å²) in [6.45, 7) is 0.757.